The number of rotatable bonds is 7. The van der Waals surface area contributed by atoms with Gasteiger partial charge in [-0.2, -0.15) is 0 Å². The fourth-order valence-electron chi connectivity index (χ4n) is 1.37. The minimum absolute atomic E-state index is 0.288. The normalized spacial score (nSPS) is 11.9. The lowest BCUT2D eigenvalue weighted by atomic mass is 10.4. The van der Waals surface area contributed by atoms with Gasteiger partial charge in [0.2, 0.25) is 5.82 Å². The van der Waals surface area contributed by atoms with Crippen molar-refractivity contribution < 1.29 is 4.92 Å². The fourth-order valence-corrected chi connectivity index (χ4v) is 2.36. The quantitative estimate of drug-likeness (QED) is 0.334. The average molecular weight is 318 g/mol. The highest BCUT2D eigenvalue weighted by Crippen LogP contribution is 2.21. The van der Waals surface area contributed by atoms with Crippen molar-refractivity contribution in [3.63, 3.8) is 0 Å². The zero-order valence-corrected chi connectivity index (χ0v) is 13.1. The van der Waals surface area contributed by atoms with Crippen LogP contribution in [-0.2, 0) is 6.54 Å². The molecule has 0 bridgehead atoms. The van der Waals surface area contributed by atoms with Crippen molar-refractivity contribution in [2.45, 2.75) is 13.5 Å². The van der Waals surface area contributed by atoms with Crippen LogP contribution in [0, 0.1) is 10.1 Å². The van der Waals surface area contributed by atoms with Crippen molar-refractivity contribution in [3.05, 3.63) is 37.7 Å². The molecule has 9 heteroatoms. The lowest BCUT2D eigenvalue weighted by Crippen LogP contribution is -2.22. The first-order valence-electron chi connectivity index (χ1n) is 5.83. The Balaban J connectivity index is 2.93. The summed E-state index contributed by atoms with van der Waals surface area (Å²) in [5, 5.41) is 10.7. The highest BCUT2D eigenvalue weighted by Gasteiger charge is 2.13. The molecule has 1 aromatic rings. The molecule has 0 atom stereocenters. The first-order chi connectivity index (χ1) is 9.42. The number of nitro groups is 1. The smallest absolute Gasteiger partial charge is 0.276 e. The Kier molecular flexibility index (Phi) is 6.40. The minimum atomic E-state index is -0.509. The summed E-state index contributed by atoms with van der Waals surface area (Å²) < 4.78 is 0.452. The maximum atomic E-state index is 10.7. The monoisotopic (exact) mass is 317 g/mol. The Morgan fingerprint density at radius 2 is 2.35 bits per heavy atom. The molecule has 0 unspecified atom stereocenters. The Labute approximate surface area is 126 Å². The van der Waals surface area contributed by atoms with Gasteiger partial charge in [-0.05, 0) is 6.92 Å². The molecule has 1 heterocycles. The molecule has 0 spiro atoms. The molecule has 7 nitrogen and oxygen atoms in total. The molecule has 0 aliphatic heterocycles. The Morgan fingerprint density at radius 3 is 2.80 bits per heavy atom. The zero-order chi connectivity index (χ0) is 15.1. The zero-order valence-electron chi connectivity index (χ0n) is 11.5. The number of aromatic nitrogens is 1. The van der Waals surface area contributed by atoms with E-state index in [0.717, 1.165) is 11.1 Å². The molecule has 0 fully saturated rings. The molecule has 0 radical (unpaired) electrons. The van der Waals surface area contributed by atoms with Gasteiger partial charge in [0.1, 0.15) is 0 Å². The second kappa shape index (κ2) is 7.81. The number of hydrogen-bond acceptors (Lipinski definition) is 6. The van der Waals surface area contributed by atoms with Gasteiger partial charge in [-0.3, -0.25) is 10.1 Å². The third kappa shape index (κ3) is 5.54. The third-order valence-corrected chi connectivity index (χ3v) is 3.32. The number of thiazole rings is 1. The van der Waals surface area contributed by atoms with Crippen molar-refractivity contribution in [2.75, 3.05) is 20.6 Å². The molecule has 0 aromatic carbocycles. The van der Waals surface area contributed by atoms with Crippen LogP contribution in [0.4, 0.5) is 0 Å². The SMILES string of the molecule is CCN(Cc1cnc(Cl)s1)/C(=C/[N+](=O)[O-])N=CN(C)C. The molecule has 0 aliphatic rings. The molecule has 110 valence electrons. The van der Waals surface area contributed by atoms with Crippen molar-refractivity contribution in [3.8, 4) is 0 Å². The van der Waals surface area contributed by atoms with E-state index in [9.17, 15) is 10.1 Å². The van der Waals surface area contributed by atoms with E-state index >= 15 is 0 Å². The van der Waals surface area contributed by atoms with E-state index in [1.807, 2.05) is 6.92 Å². The van der Waals surface area contributed by atoms with Gasteiger partial charge in [-0.1, -0.05) is 11.6 Å². The van der Waals surface area contributed by atoms with Gasteiger partial charge in [0.25, 0.3) is 6.20 Å². The summed E-state index contributed by atoms with van der Waals surface area (Å²) in [6.07, 6.45) is 4.08. The van der Waals surface area contributed by atoms with Crippen LogP contribution < -0.4 is 0 Å². The first-order valence-corrected chi connectivity index (χ1v) is 7.03. The van der Waals surface area contributed by atoms with E-state index in [0.29, 0.717) is 17.6 Å². The lowest BCUT2D eigenvalue weighted by Gasteiger charge is -2.20. The van der Waals surface area contributed by atoms with Crippen LogP contribution in [0.15, 0.2) is 23.2 Å². The van der Waals surface area contributed by atoms with Crippen LogP contribution in [0.2, 0.25) is 4.47 Å². The molecular formula is C11H16ClN5O2S. The second-order valence-electron chi connectivity index (χ2n) is 4.07. The van der Waals surface area contributed by atoms with E-state index in [1.54, 1.807) is 30.1 Å². The summed E-state index contributed by atoms with van der Waals surface area (Å²) in [7, 11) is 3.60. The highest BCUT2D eigenvalue weighted by molar-refractivity contribution is 7.15. The maximum Gasteiger partial charge on any atom is 0.276 e. The van der Waals surface area contributed by atoms with Crippen molar-refractivity contribution in [1.82, 2.24) is 14.8 Å². The first kappa shape index (κ1) is 16.4. The molecule has 0 amide bonds. The van der Waals surface area contributed by atoms with Crippen molar-refractivity contribution in [1.29, 1.82) is 0 Å². The summed E-state index contributed by atoms with van der Waals surface area (Å²) in [6.45, 7) is 2.97. The van der Waals surface area contributed by atoms with E-state index in [2.05, 4.69) is 9.98 Å². The molecule has 20 heavy (non-hydrogen) atoms. The fraction of sp³-hybridized carbons (Fsp3) is 0.455. The molecule has 1 aromatic heterocycles. The van der Waals surface area contributed by atoms with E-state index < -0.39 is 4.92 Å². The van der Waals surface area contributed by atoms with Crippen LogP contribution in [-0.4, -0.2) is 46.7 Å². The molecular weight excluding hydrogens is 302 g/mol. The van der Waals surface area contributed by atoms with E-state index in [-0.39, 0.29) is 5.82 Å². The summed E-state index contributed by atoms with van der Waals surface area (Å²) in [5.41, 5.74) is 0. The van der Waals surface area contributed by atoms with Crippen LogP contribution in [0.1, 0.15) is 11.8 Å². The van der Waals surface area contributed by atoms with E-state index in [1.165, 1.54) is 17.7 Å². The van der Waals surface area contributed by atoms with Gasteiger partial charge in [0, 0.05) is 31.7 Å². The number of hydrogen-bond donors (Lipinski definition) is 0. The van der Waals surface area contributed by atoms with Crippen molar-refractivity contribution >= 4 is 29.3 Å². The van der Waals surface area contributed by atoms with Crippen LogP contribution in [0.25, 0.3) is 0 Å². The standard InChI is InChI=1S/C11H16ClN5O2S/c1-4-16(6-9-5-13-11(12)20-9)10(7-17(18)19)14-8-15(2)3/h5,7-8H,4,6H2,1-3H3/b10-7+,14-8?. The highest BCUT2D eigenvalue weighted by atomic mass is 35.5. The predicted molar refractivity (Wildman–Crippen MR) is 80.5 cm³/mol. The van der Waals surface area contributed by atoms with Gasteiger partial charge in [0.05, 0.1) is 17.8 Å². The number of aliphatic imine (C=N–C) groups is 1. The molecule has 1 rings (SSSR count). The Bertz CT molecular complexity index is 515. The molecule has 0 aliphatic carbocycles. The number of halogens is 1. The summed E-state index contributed by atoms with van der Waals surface area (Å²) in [5.74, 6) is 0.288. The summed E-state index contributed by atoms with van der Waals surface area (Å²) in [4.78, 5) is 22.7. The predicted octanol–water partition coefficient (Wildman–Crippen LogP) is 2.28. The van der Waals surface area contributed by atoms with E-state index in [4.69, 9.17) is 11.6 Å². The minimum Gasteiger partial charge on any atom is -0.369 e. The van der Waals surface area contributed by atoms with Crippen LogP contribution in [0.3, 0.4) is 0 Å². The lowest BCUT2D eigenvalue weighted by molar-refractivity contribution is -0.404. The summed E-state index contributed by atoms with van der Waals surface area (Å²) >= 11 is 7.13. The van der Waals surface area contributed by atoms with Gasteiger partial charge in [-0.25, -0.2) is 9.98 Å². The van der Waals surface area contributed by atoms with Gasteiger partial charge >= 0.3 is 0 Å². The van der Waals surface area contributed by atoms with Gasteiger partial charge in [0.15, 0.2) is 4.47 Å². The van der Waals surface area contributed by atoms with Gasteiger partial charge < -0.3 is 9.80 Å². The van der Waals surface area contributed by atoms with Crippen molar-refractivity contribution in [2.24, 2.45) is 4.99 Å². The van der Waals surface area contributed by atoms with Crippen LogP contribution in [0.5, 0.6) is 0 Å². The largest absolute Gasteiger partial charge is 0.369 e. The third-order valence-electron chi connectivity index (χ3n) is 2.22. The average Bonchev–Trinajstić information content (AvgIpc) is 2.76. The Hall–Kier alpha value is -1.67. The molecule has 0 N–H and O–H groups in total. The second-order valence-corrected chi connectivity index (χ2v) is 5.77. The molecule has 0 saturated heterocycles. The summed E-state index contributed by atoms with van der Waals surface area (Å²) in [6, 6.07) is 0. The number of nitrogens with zero attached hydrogens (tertiary/aromatic N) is 5. The topological polar surface area (TPSA) is 74.9 Å². The van der Waals surface area contributed by atoms with Gasteiger partial charge in [-0.15, -0.1) is 11.3 Å². The van der Waals surface area contributed by atoms with Crippen LogP contribution >= 0.6 is 22.9 Å². The molecule has 0 saturated carbocycles. The Morgan fingerprint density at radius 1 is 1.65 bits per heavy atom. The maximum absolute atomic E-state index is 10.7.